The number of hydrogen-bond donors (Lipinski definition) is 0. The number of rotatable bonds is 11. The highest BCUT2D eigenvalue weighted by Crippen LogP contribution is 2.35. The predicted octanol–water partition coefficient (Wildman–Crippen LogP) is 5.01. The van der Waals surface area contributed by atoms with E-state index in [0.717, 1.165) is 28.8 Å². The molecule has 3 aromatic rings. The summed E-state index contributed by atoms with van der Waals surface area (Å²) < 4.78 is 10.5. The standard InChI is InChI=1S/C31H29N3O6S/c1-4-39-25-13-8-20(9-14-25)26(35)18-40-31(38)21-6-11-24(12-7-21)34-28(36)16-27(30(34)37)41-29-22(17-32)5-10-23(33-29)15-19(2)3/h5-14,19,27H,4,15-16,18H2,1-3H3. The number of pyridine rings is 1. The molecule has 1 aromatic heterocycles. The molecular weight excluding hydrogens is 542 g/mol. The average Bonchev–Trinajstić information content (AvgIpc) is 3.24. The Balaban J connectivity index is 1.38. The Morgan fingerprint density at radius 2 is 1.73 bits per heavy atom. The van der Waals surface area contributed by atoms with E-state index in [1.165, 1.54) is 24.3 Å². The number of imide groups is 1. The van der Waals surface area contributed by atoms with Crippen molar-refractivity contribution in [2.24, 2.45) is 5.92 Å². The van der Waals surface area contributed by atoms with Crippen molar-refractivity contribution in [2.45, 2.75) is 43.9 Å². The lowest BCUT2D eigenvalue weighted by atomic mass is 10.1. The lowest BCUT2D eigenvalue weighted by Gasteiger charge is -2.15. The van der Waals surface area contributed by atoms with Crippen LogP contribution < -0.4 is 9.64 Å². The summed E-state index contributed by atoms with van der Waals surface area (Å²) in [5.41, 5.74) is 2.04. The number of amides is 2. The van der Waals surface area contributed by atoms with Gasteiger partial charge in [0.2, 0.25) is 11.8 Å². The van der Waals surface area contributed by atoms with Crippen LogP contribution in [-0.2, 0) is 20.7 Å². The number of thioether (sulfide) groups is 1. The molecular formula is C31H29N3O6S. The Morgan fingerprint density at radius 3 is 2.37 bits per heavy atom. The number of Topliss-reactive ketones (excluding diaryl/α,β-unsaturated/α-hetero) is 1. The highest BCUT2D eigenvalue weighted by molar-refractivity contribution is 8.00. The summed E-state index contributed by atoms with van der Waals surface area (Å²) in [6, 6.07) is 18.0. The summed E-state index contributed by atoms with van der Waals surface area (Å²) in [7, 11) is 0. The van der Waals surface area contributed by atoms with Crippen LogP contribution in [0.25, 0.3) is 0 Å². The second-order valence-corrected chi connectivity index (χ2v) is 10.9. The average molecular weight is 572 g/mol. The molecule has 2 aromatic carbocycles. The maximum absolute atomic E-state index is 13.2. The van der Waals surface area contributed by atoms with Crippen LogP contribution in [0.15, 0.2) is 65.7 Å². The van der Waals surface area contributed by atoms with Gasteiger partial charge < -0.3 is 9.47 Å². The van der Waals surface area contributed by atoms with Gasteiger partial charge in [-0.05, 0) is 79.9 Å². The lowest BCUT2D eigenvalue weighted by Crippen LogP contribution is -2.31. The quantitative estimate of drug-likeness (QED) is 0.177. The van der Waals surface area contributed by atoms with Gasteiger partial charge in [0.05, 0.1) is 28.7 Å². The highest BCUT2D eigenvalue weighted by Gasteiger charge is 2.40. The highest BCUT2D eigenvalue weighted by atomic mass is 32.2. The molecule has 0 radical (unpaired) electrons. The van der Waals surface area contributed by atoms with E-state index in [-0.39, 0.29) is 23.7 Å². The third kappa shape index (κ3) is 7.18. The number of esters is 1. The van der Waals surface area contributed by atoms with E-state index in [4.69, 9.17) is 9.47 Å². The largest absolute Gasteiger partial charge is 0.494 e. The SMILES string of the molecule is CCOc1ccc(C(=O)COC(=O)c2ccc(N3C(=O)CC(Sc4nc(CC(C)C)ccc4C#N)C3=O)cc2)cc1. The second-order valence-electron chi connectivity index (χ2n) is 9.75. The first-order chi connectivity index (χ1) is 19.7. The topological polar surface area (TPSA) is 127 Å². The van der Waals surface area contributed by atoms with Gasteiger partial charge in [-0.1, -0.05) is 25.6 Å². The molecule has 0 bridgehead atoms. The molecule has 0 aliphatic carbocycles. The van der Waals surface area contributed by atoms with Crippen molar-refractivity contribution in [3.05, 3.63) is 83.0 Å². The Morgan fingerprint density at radius 1 is 1.05 bits per heavy atom. The number of nitrogens with zero attached hydrogens (tertiary/aromatic N) is 3. The molecule has 1 aliphatic rings. The smallest absolute Gasteiger partial charge is 0.338 e. The van der Waals surface area contributed by atoms with Crippen LogP contribution in [-0.4, -0.2) is 47.0 Å². The molecule has 1 atom stereocenters. The molecule has 0 saturated carbocycles. The van der Waals surface area contributed by atoms with Crippen LogP contribution in [0, 0.1) is 17.2 Å². The van der Waals surface area contributed by atoms with Gasteiger partial charge in [0.25, 0.3) is 0 Å². The van der Waals surface area contributed by atoms with Crippen LogP contribution in [0.3, 0.4) is 0 Å². The number of hydrogen-bond acceptors (Lipinski definition) is 9. The number of carbonyl (C=O) groups is 4. The molecule has 2 heterocycles. The van der Waals surface area contributed by atoms with Gasteiger partial charge in [0, 0.05) is 17.7 Å². The number of anilines is 1. The number of nitriles is 1. The minimum atomic E-state index is -0.727. The van der Waals surface area contributed by atoms with Gasteiger partial charge in [-0.15, -0.1) is 0 Å². The molecule has 2 amide bonds. The number of ether oxygens (including phenoxy) is 2. The fourth-order valence-corrected chi connectivity index (χ4v) is 5.35. The van der Waals surface area contributed by atoms with Gasteiger partial charge in [0.15, 0.2) is 12.4 Å². The predicted molar refractivity (Wildman–Crippen MR) is 153 cm³/mol. The van der Waals surface area contributed by atoms with Crippen molar-refractivity contribution in [1.82, 2.24) is 4.98 Å². The second kappa shape index (κ2) is 13.2. The fraction of sp³-hybridized carbons (Fsp3) is 0.290. The molecule has 41 heavy (non-hydrogen) atoms. The van der Waals surface area contributed by atoms with Gasteiger partial charge in [-0.2, -0.15) is 5.26 Å². The zero-order valence-corrected chi connectivity index (χ0v) is 23.8. The fourth-order valence-electron chi connectivity index (χ4n) is 4.24. The number of benzene rings is 2. The van der Waals surface area contributed by atoms with Crippen molar-refractivity contribution in [3.63, 3.8) is 0 Å². The Labute approximate surface area is 242 Å². The zero-order valence-electron chi connectivity index (χ0n) is 23.0. The van der Waals surface area contributed by atoms with Crippen molar-refractivity contribution >= 4 is 41.0 Å². The van der Waals surface area contributed by atoms with Gasteiger partial charge >= 0.3 is 5.97 Å². The first kappa shape index (κ1) is 29.5. The summed E-state index contributed by atoms with van der Waals surface area (Å²) in [5.74, 6) is -0.868. The normalized spacial score (nSPS) is 14.7. The summed E-state index contributed by atoms with van der Waals surface area (Å²) in [5, 5.41) is 9.21. The molecule has 4 rings (SSSR count). The first-order valence-electron chi connectivity index (χ1n) is 13.2. The summed E-state index contributed by atoms with van der Waals surface area (Å²) in [6.45, 7) is 6.07. The van der Waals surface area contributed by atoms with Crippen molar-refractivity contribution in [3.8, 4) is 11.8 Å². The van der Waals surface area contributed by atoms with Crippen LogP contribution >= 0.6 is 11.8 Å². The third-order valence-electron chi connectivity index (χ3n) is 6.20. The molecule has 0 N–H and O–H groups in total. The molecule has 9 nitrogen and oxygen atoms in total. The Bertz CT molecular complexity index is 1500. The molecule has 10 heteroatoms. The molecule has 210 valence electrons. The van der Waals surface area contributed by atoms with Crippen LogP contribution in [0.1, 0.15) is 59.2 Å². The van der Waals surface area contributed by atoms with Crippen LogP contribution in [0.5, 0.6) is 5.75 Å². The van der Waals surface area contributed by atoms with E-state index in [9.17, 15) is 24.4 Å². The van der Waals surface area contributed by atoms with Crippen molar-refractivity contribution in [1.29, 1.82) is 5.26 Å². The molecule has 0 spiro atoms. The third-order valence-corrected chi connectivity index (χ3v) is 7.39. The van der Waals surface area contributed by atoms with Crippen molar-refractivity contribution in [2.75, 3.05) is 18.1 Å². The van der Waals surface area contributed by atoms with E-state index in [1.54, 1.807) is 36.4 Å². The Hall–Kier alpha value is -4.49. The Kier molecular flexibility index (Phi) is 9.53. The van der Waals surface area contributed by atoms with E-state index in [2.05, 4.69) is 24.9 Å². The van der Waals surface area contributed by atoms with Crippen LogP contribution in [0.4, 0.5) is 5.69 Å². The molecule has 1 aliphatic heterocycles. The molecule has 1 fully saturated rings. The maximum atomic E-state index is 13.2. The maximum Gasteiger partial charge on any atom is 0.338 e. The van der Waals surface area contributed by atoms with E-state index in [1.807, 2.05) is 6.92 Å². The number of aromatic nitrogens is 1. The van der Waals surface area contributed by atoms with E-state index in [0.29, 0.717) is 40.1 Å². The van der Waals surface area contributed by atoms with Crippen LogP contribution in [0.2, 0.25) is 0 Å². The van der Waals surface area contributed by atoms with E-state index < -0.39 is 23.7 Å². The summed E-state index contributed by atoms with van der Waals surface area (Å²) in [4.78, 5) is 56.6. The molecule has 1 saturated heterocycles. The van der Waals surface area contributed by atoms with Gasteiger partial charge in [0.1, 0.15) is 16.8 Å². The van der Waals surface area contributed by atoms with Gasteiger partial charge in [-0.25, -0.2) is 14.7 Å². The summed E-state index contributed by atoms with van der Waals surface area (Å²) in [6.07, 6.45) is 0.690. The van der Waals surface area contributed by atoms with Crippen molar-refractivity contribution < 1.29 is 28.7 Å². The van der Waals surface area contributed by atoms with E-state index >= 15 is 0 Å². The monoisotopic (exact) mass is 571 g/mol. The van der Waals surface area contributed by atoms with Gasteiger partial charge in [-0.3, -0.25) is 14.4 Å². The minimum Gasteiger partial charge on any atom is -0.494 e. The zero-order chi connectivity index (χ0) is 29.5. The number of ketones is 1. The minimum absolute atomic E-state index is 0.0398. The lowest BCUT2D eigenvalue weighted by molar-refractivity contribution is -0.121. The summed E-state index contributed by atoms with van der Waals surface area (Å²) >= 11 is 1.11. The number of carbonyl (C=O) groups excluding carboxylic acids is 4. The first-order valence-corrected chi connectivity index (χ1v) is 14.0. The molecule has 1 unspecified atom stereocenters.